The number of ether oxygens (including phenoxy) is 1. The molecule has 0 aromatic heterocycles. The van der Waals surface area contributed by atoms with Crippen molar-refractivity contribution in [2.45, 2.75) is 33.2 Å². The van der Waals surface area contributed by atoms with Crippen molar-refractivity contribution in [2.24, 2.45) is 0 Å². The number of allylic oxidation sites excluding steroid dienone is 1. The molecule has 170 valence electrons. The number of carbonyl (C=O) groups excluding carboxylic acids is 3. The molecule has 1 fully saturated rings. The van der Waals surface area contributed by atoms with Gasteiger partial charge in [-0.2, -0.15) is 0 Å². The standard InChI is InChI=1S/C26H27N3O4/c1-15-9-7-8-10-20(15)29-24(31)19(23(30)27-25(29)32)12-17-11-18-16(2)14-26(3,4)28(5)21(18)13-22(17)33-6/h7-14H,1-6H3,(H,27,30,32)/b19-12-. The van der Waals surface area contributed by atoms with Gasteiger partial charge in [0, 0.05) is 29.9 Å². The molecule has 0 spiro atoms. The van der Waals surface area contributed by atoms with Gasteiger partial charge in [0.2, 0.25) is 0 Å². The van der Waals surface area contributed by atoms with Gasteiger partial charge in [-0.1, -0.05) is 24.3 Å². The van der Waals surface area contributed by atoms with Crippen LogP contribution in [-0.2, 0) is 9.59 Å². The van der Waals surface area contributed by atoms with Crippen molar-refractivity contribution in [3.63, 3.8) is 0 Å². The smallest absolute Gasteiger partial charge is 0.335 e. The number of hydrogen-bond donors (Lipinski definition) is 1. The van der Waals surface area contributed by atoms with Gasteiger partial charge < -0.3 is 9.64 Å². The van der Waals surface area contributed by atoms with Crippen molar-refractivity contribution < 1.29 is 19.1 Å². The first-order chi connectivity index (χ1) is 15.5. The summed E-state index contributed by atoms with van der Waals surface area (Å²) in [5.74, 6) is -0.887. The summed E-state index contributed by atoms with van der Waals surface area (Å²) in [6.07, 6.45) is 3.66. The molecule has 33 heavy (non-hydrogen) atoms. The highest BCUT2D eigenvalue weighted by Gasteiger charge is 2.38. The second kappa shape index (κ2) is 7.92. The van der Waals surface area contributed by atoms with Gasteiger partial charge >= 0.3 is 6.03 Å². The molecule has 0 atom stereocenters. The Morgan fingerprint density at radius 1 is 1.03 bits per heavy atom. The number of fused-ring (bicyclic) bond motifs is 1. The van der Waals surface area contributed by atoms with Gasteiger partial charge in [-0.3, -0.25) is 14.9 Å². The van der Waals surface area contributed by atoms with Crippen LogP contribution in [0.3, 0.4) is 0 Å². The van der Waals surface area contributed by atoms with Gasteiger partial charge in [0.15, 0.2) is 0 Å². The second-order valence-electron chi connectivity index (χ2n) is 8.90. The molecular formula is C26H27N3O4. The molecular weight excluding hydrogens is 418 g/mol. The van der Waals surface area contributed by atoms with Crippen molar-refractivity contribution in [2.75, 3.05) is 24.0 Å². The molecule has 0 aliphatic carbocycles. The maximum absolute atomic E-state index is 13.3. The predicted molar refractivity (Wildman–Crippen MR) is 129 cm³/mol. The number of para-hydroxylation sites is 1. The number of aryl methyl sites for hydroxylation is 1. The van der Waals surface area contributed by atoms with Crippen LogP contribution in [-0.4, -0.2) is 37.5 Å². The number of hydrogen-bond acceptors (Lipinski definition) is 5. The van der Waals surface area contributed by atoms with E-state index in [0.29, 0.717) is 17.0 Å². The molecule has 2 aromatic carbocycles. The Balaban J connectivity index is 1.84. The van der Waals surface area contributed by atoms with E-state index in [2.05, 4.69) is 30.1 Å². The van der Waals surface area contributed by atoms with Crippen LogP contribution in [0.15, 0.2) is 48.0 Å². The molecule has 1 saturated heterocycles. The summed E-state index contributed by atoms with van der Waals surface area (Å²) in [7, 11) is 3.56. The number of nitrogens with zero attached hydrogens (tertiary/aromatic N) is 2. The number of likely N-dealkylation sites (N-methyl/N-ethyl adjacent to an activating group) is 1. The SMILES string of the molecule is COc1cc2c(cc1/C=C1/C(=O)NC(=O)N(c3ccccc3C)C1=O)C(C)=CC(C)(C)N2C. The van der Waals surface area contributed by atoms with Gasteiger partial charge in [-0.05, 0) is 57.0 Å². The highest BCUT2D eigenvalue weighted by Crippen LogP contribution is 2.42. The van der Waals surface area contributed by atoms with E-state index in [1.54, 1.807) is 32.2 Å². The molecule has 0 radical (unpaired) electrons. The lowest BCUT2D eigenvalue weighted by Gasteiger charge is -2.41. The minimum atomic E-state index is -0.767. The molecule has 0 bridgehead atoms. The molecule has 4 amide bonds. The van der Waals surface area contributed by atoms with Gasteiger partial charge in [0.1, 0.15) is 11.3 Å². The Hall–Kier alpha value is -3.87. The zero-order chi connectivity index (χ0) is 24.1. The van der Waals surface area contributed by atoms with Crippen molar-refractivity contribution in [1.82, 2.24) is 5.32 Å². The van der Waals surface area contributed by atoms with E-state index >= 15 is 0 Å². The van der Waals surface area contributed by atoms with E-state index in [-0.39, 0.29) is 11.1 Å². The van der Waals surface area contributed by atoms with Gasteiger partial charge in [-0.15, -0.1) is 0 Å². The van der Waals surface area contributed by atoms with E-state index in [1.807, 2.05) is 32.2 Å². The number of anilines is 2. The maximum atomic E-state index is 13.3. The lowest BCUT2D eigenvalue weighted by molar-refractivity contribution is -0.122. The summed E-state index contributed by atoms with van der Waals surface area (Å²) in [6.45, 7) is 8.09. The monoisotopic (exact) mass is 445 g/mol. The van der Waals surface area contributed by atoms with Crippen LogP contribution >= 0.6 is 0 Å². The fourth-order valence-corrected chi connectivity index (χ4v) is 4.33. The number of urea groups is 1. The maximum Gasteiger partial charge on any atom is 0.335 e. The van der Waals surface area contributed by atoms with Gasteiger partial charge in [0.05, 0.1) is 18.3 Å². The molecule has 0 saturated carbocycles. The molecule has 2 aromatic rings. The van der Waals surface area contributed by atoms with E-state index in [0.717, 1.165) is 27.3 Å². The Labute approximate surface area is 193 Å². The van der Waals surface area contributed by atoms with Crippen molar-refractivity contribution in [1.29, 1.82) is 0 Å². The summed E-state index contributed by atoms with van der Waals surface area (Å²) in [5.41, 5.74) is 4.51. The number of barbiturate groups is 1. The Bertz CT molecular complexity index is 1260. The summed E-state index contributed by atoms with van der Waals surface area (Å²) in [6, 6.07) is 10.1. The molecule has 1 N–H and O–H groups in total. The predicted octanol–water partition coefficient (Wildman–Crippen LogP) is 4.30. The molecule has 2 heterocycles. The Kier molecular flexibility index (Phi) is 5.36. The molecule has 2 aliphatic heterocycles. The van der Waals surface area contributed by atoms with Crippen LogP contribution in [0.1, 0.15) is 37.5 Å². The van der Waals surface area contributed by atoms with Crippen molar-refractivity contribution in [3.8, 4) is 5.75 Å². The number of amides is 4. The molecule has 7 nitrogen and oxygen atoms in total. The number of imide groups is 2. The lowest BCUT2D eigenvalue weighted by Crippen LogP contribution is -2.54. The second-order valence-corrected chi connectivity index (χ2v) is 8.90. The molecule has 7 heteroatoms. The third-order valence-corrected chi connectivity index (χ3v) is 6.33. The number of carbonyl (C=O) groups is 3. The van der Waals surface area contributed by atoms with Crippen LogP contribution < -0.4 is 19.9 Å². The number of rotatable bonds is 3. The largest absolute Gasteiger partial charge is 0.496 e. The van der Waals surface area contributed by atoms with Crippen LogP contribution in [0.2, 0.25) is 0 Å². The third-order valence-electron chi connectivity index (χ3n) is 6.33. The summed E-state index contributed by atoms with van der Waals surface area (Å²) in [4.78, 5) is 41.7. The molecule has 0 unspecified atom stereocenters. The zero-order valence-corrected chi connectivity index (χ0v) is 19.6. The highest BCUT2D eigenvalue weighted by molar-refractivity contribution is 6.39. The van der Waals surface area contributed by atoms with Crippen LogP contribution in [0.5, 0.6) is 5.75 Å². The van der Waals surface area contributed by atoms with E-state index in [4.69, 9.17) is 4.74 Å². The highest BCUT2D eigenvalue weighted by atomic mass is 16.5. The average molecular weight is 446 g/mol. The van der Waals surface area contributed by atoms with Crippen molar-refractivity contribution >= 4 is 40.9 Å². The van der Waals surface area contributed by atoms with Crippen LogP contribution in [0.4, 0.5) is 16.2 Å². The Morgan fingerprint density at radius 2 is 1.73 bits per heavy atom. The Morgan fingerprint density at radius 3 is 2.39 bits per heavy atom. The quantitative estimate of drug-likeness (QED) is 0.563. The molecule has 4 rings (SSSR count). The average Bonchev–Trinajstić information content (AvgIpc) is 2.75. The number of nitrogens with one attached hydrogen (secondary N) is 1. The summed E-state index contributed by atoms with van der Waals surface area (Å²) < 4.78 is 5.61. The summed E-state index contributed by atoms with van der Waals surface area (Å²) >= 11 is 0. The van der Waals surface area contributed by atoms with E-state index < -0.39 is 17.8 Å². The zero-order valence-electron chi connectivity index (χ0n) is 19.6. The first-order valence-electron chi connectivity index (χ1n) is 10.7. The number of benzene rings is 2. The topological polar surface area (TPSA) is 79.0 Å². The lowest BCUT2D eigenvalue weighted by atomic mass is 9.88. The van der Waals surface area contributed by atoms with Crippen molar-refractivity contribution in [3.05, 3.63) is 64.7 Å². The summed E-state index contributed by atoms with van der Waals surface area (Å²) in [5, 5.41) is 2.28. The minimum absolute atomic E-state index is 0.137. The first kappa shape index (κ1) is 22.3. The first-order valence-corrected chi connectivity index (χ1v) is 10.7. The molecule has 2 aliphatic rings. The van der Waals surface area contributed by atoms with E-state index in [9.17, 15) is 14.4 Å². The van der Waals surface area contributed by atoms with Gasteiger partial charge in [-0.25, -0.2) is 9.69 Å². The van der Waals surface area contributed by atoms with Gasteiger partial charge in [0.25, 0.3) is 11.8 Å². The third kappa shape index (κ3) is 3.69. The van der Waals surface area contributed by atoms with Crippen LogP contribution in [0.25, 0.3) is 11.6 Å². The van der Waals surface area contributed by atoms with E-state index in [1.165, 1.54) is 6.08 Å². The minimum Gasteiger partial charge on any atom is -0.496 e. The number of methoxy groups -OCH3 is 1. The van der Waals surface area contributed by atoms with Crippen LogP contribution in [0, 0.1) is 6.92 Å². The fraction of sp³-hybridized carbons (Fsp3) is 0.269. The fourth-order valence-electron chi connectivity index (χ4n) is 4.33. The normalized spacial score (nSPS) is 18.8.